The van der Waals surface area contributed by atoms with E-state index in [1.807, 2.05) is 0 Å². The van der Waals surface area contributed by atoms with E-state index in [2.05, 4.69) is 5.43 Å². The number of benzene rings is 2. The molecule has 0 aliphatic carbocycles. The lowest BCUT2D eigenvalue weighted by Gasteiger charge is -2.17. The molecular weight excluding hydrogens is 279 g/mol. The zero-order valence-corrected chi connectivity index (χ0v) is 11.7. The van der Waals surface area contributed by atoms with E-state index in [1.165, 1.54) is 18.2 Å². The second-order valence-corrected chi connectivity index (χ2v) is 6.51. The number of halogens is 1. The van der Waals surface area contributed by atoms with Crippen LogP contribution in [0.15, 0.2) is 53.4 Å². The summed E-state index contributed by atoms with van der Waals surface area (Å²) in [6.07, 6.45) is 1.15. The molecule has 0 saturated carbocycles. The normalized spacial score (nSPS) is 13.2. The average molecular weight is 294 g/mol. The van der Waals surface area contributed by atoms with E-state index in [0.717, 1.165) is 11.8 Å². The highest BCUT2D eigenvalue weighted by molar-refractivity contribution is 7.90. The Morgan fingerprint density at radius 2 is 1.75 bits per heavy atom. The van der Waals surface area contributed by atoms with Crippen LogP contribution in [0.3, 0.4) is 0 Å². The van der Waals surface area contributed by atoms with Crippen molar-refractivity contribution in [1.29, 1.82) is 0 Å². The Hall–Kier alpha value is -1.76. The summed E-state index contributed by atoms with van der Waals surface area (Å²) in [7, 11) is -3.28. The molecule has 2 rings (SSSR count). The van der Waals surface area contributed by atoms with Crippen LogP contribution in [0.5, 0.6) is 0 Å². The molecule has 0 aliphatic heterocycles. The predicted octanol–water partition coefficient (Wildman–Crippen LogP) is 1.78. The number of hydrazine groups is 1. The molecular formula is C14H15FN2O2S. The van der Waals surface area contributed by atoms with Gasteiger partial charge in [0.2, 0.25) is 0 Å². The van der Waals surface area contributed by atoms with Crippen molar-refractivity contribution in [3.05, 3.63) is 65.5 Å². The number of sulfone groups is 1. The van der Waals surface area contributed by atoms with E-state index >= 15 is 0 Å². The number of rotatable bonds is 4. The highest BCUT2D eigenvalue weighted by atomic mass is 32.2. The van der Waals surface area contributed by atoms with Gasteiger partial charge in [-0.15, -0.1) is 0 Å². The molecule has 3 N–H and O–H groups in total. The Kier molecular flexibility index (Phi) is 4.17. The fraction of sp³-hybridized carbons (Fsp3) is 0.143. The molecule has 0 saturated heterocycles. The van der Waals surface area contributed by atoms with Crippen LogP contribution in [0.1, 0.15) is 17.2 Å². The van der Waals surface area contributed by atoms with Gasteiger partial charge < -0.3 is 0 Å². The van der Waals surface area contributed by atoms with E-state index in [-0.39, 0.29) is 10.7 Å². The SMILES string of the molecule is CS(=O)(=O)c1cccc(C(NN)c2ccc(F)cc2)c1. The van der Waals surface area contributed by atoms with Gasteiger partial charge in [-0.05, 0) is 35.4 Å². The van der Waals surface area contributed by atoms with Gasteiger partial charge >= 0.3 is 0 Å². The highest BCUT2D eigenvalue weighted by Crippen LogP contribution is 2.23. The Morgan fingerprint density at radius 1 is 1.10 bits per heavy atom. The van der Waals surface area contributed by atoms with Crippen molar-refractivity contribution in [1.82, 2.24) is 5.43 Å². The zero-order chi connectivity index (χ0) is 14.8. The summed E-state index contributed by atoms with van der Waals surface area (Å²) in [5.74, 6) is 5.20. The first-order chi connectivity index (χ1) is 9.41. The lowest BCUT2D eigenvalue weighted by molar-refractivity contribution is 0.600. The molecule has 1 atom stereocenters. The van der Waals surface area contributed by atoms with Gasteiger partial charge in [0.1, 0.15) is 5.82 Å². The molecule has 0 aromatic heterocycles. The molecule has 4 nitrogen and oxygen atoms in total. The summed E-state index contributed by atoms with van der Waals surface area (Å²) in [6.45, 7) is 0. The molecule has 0 amide bonds. The summed E-state index contributed by atoms with van der Waals surface area (Å²) in [4.78, 5) is 0.220. The number of hydrogen-bond donors (Lipinski definition) is 2. The molecule has 0 bridgehead atoms. The fourth-order valence-electron chi connectivity index (χ4n) is 1.96. The van der Waals surface area contributed by atoms with Crippen molar-refractivity contribution in [2.45, 2.75) is 10.9 Å². The quantitative estimate of drug-likeness (QED) is 0.666. The van der Waals surface area contributed by atoms with Gasteiger partial charge in [0.15, 0.2) is 9.84 Å². The van der Waals surface area contributed by atoms with E-state index in [9.17, 15) is 12.8 Å². The summed E-state index contributed by atoms with van der Waals surface area (Å²) in [5, 5.41) is 0. The number of nitrogens with two attached hydrogens (primary N) is 1. The lowest BCUT2D eigenvalue weighted by Crippen LogP contribution is -2.29. The Labute approximate surface area is 117 Å². The van der Waals surface area contributed by atoms with Crippen LogP contribution < -0.4 is 11.3 Å². The van der Waals surface area contributed by atoms with Crippen LogP contribution in [0.2, 0.25) is 0 Å². The molecule has 0 aliphatic rings. The van der Waals surface area contributed by atoms with Gasteiger partial charge in [-0.2, -0.15) is 0 Å². The lowest BCUT2D eigenvalue weighted by atomic mass is 9.99. The standard InChI is InChI=1S/C14H15FN2O2S/c1-20(18,19)13-4-2-3-11(9-13)14(17-16)10-5-7-12(15)8-6-10/h2-9,14,17H,16H2,1H3. The molecule has 2 aromatic rings. The van der Waals surface area contributed by atoms with E-state index in [4.69, 9.17) is 5.84 Å². The third kappa shape index (κ3) is 3.22. The molecule has 0 radical (unpaired) electrons. The molecule has 20 heavy (non-hydrogen) atoms. The minimum atomic E-state index is -3.28. The van der Waals surface area contributed by atoms with Crippen molar-refractivity contribution in [3.63, 3.8) is 0 Å². The molecule has 6 heteroatoms. The largest absolute Gasteiger partial charge is 0.271 e. The zero-order valence-electron chi connectivity index (χ0n) is 10.9. The van der Waals surface area contributed by atoms with E-state index in [1.54, 1.807) is 30.3 Å². The van der Waals surface area contributed by atoms with Crippen molar-refractivity contribution in [2.75, 3.05) is 6.26 Å². The maximum atomic E-state index is 12.9. The first-order valence-corrected chi connectivity index (χ1v) is 7.82. The van der Waals surface area contributed by atoms with Gasteiger partial charge in [0, 0.05) is 6.26 Å². The van der Waals surface area contributed by atoms with Gasteiger partial charge in [0.25, 0.3) is 0 Å². The van der Waals surface area contributed by atoms with Gasteiger partial charge in [-0.3, -0.25) is 5.84 Å². The van der Waals surface area contributed by atoms with E-state index < -0.39 is 15.9 Å². The van der Waals surface area contributed by atoms with Gasteiger partial charge in [-0.25, -0.2) is 18.2 Å². The number of hydrogen-bond acceptors (Lipinski definition) is 4. The second-order valence-electron chi connectivity index (χ2n) is 4.50. The second kappa shape index (κ2) is 5.70. The van der Waals surface area contributed by atoms with Crippen molar-refractivity contribution in [2.24, 2.45) is 5.84 Å². The summed E-state index contributed by atoms with van der Waals surface area (Å²) in [5.41, 5.74) is 4.06. The van der Waals surface area contributed by atoms with Crippen molar-refractivity contribution in [3.8, 4) is 0 Å². The smallest absolute Gasteiger partial charge is 0.175 e. The Bertz CT molecular complexity index is 699. The molecule has 1 unspecified atom stereocenters. The molecule has 106 valence electrons. The van der Waals surface area contributed by atoms with Crippen LogP contribution in [-0.2, 0) is 9.84 Å². The van der Waals surface area contributed by atoms with Crippen LogP contribution in [0, 0.1) is 5.82 Å². The minimum Gasteiger partial charge on any atom is -0.271 e. The third-order valence-corrected chi connectivity index (χ3v) is 4.10. The Balaban J connectivity index is 2.44. The van der Waals surface area contributed by atoms with Crippen molar-refractivity contribution >= 4 is 9.84 Å². The van der Waals surface area contributed by atoms with Gasteiger partial charge in [-0.1, -0.05) is 24.3 Å². The summed E-state index contributed by atoms with van der Waals surface area (Å²) >= 11 is 0. The monoisotopic (exact) mass is 294 g/mol. The first-order valence-electron chi connectivity index (χ1n) is 5.93. The maximum Gasteiger partial charge on any atom is 0.175 e. The highest BCUT2D eigenvalue weighted by Gasteiger charge is 2.15. The number of nitrogens with one attached hydrogen (secondary N) is 1. The van der Waals surface area contributed by atoms with Crippen LogP contribution in [-0.4, -0.2) is 14.7 Å². The topological polar surface area (TPSA) is 72.2 Å². The van der Waals surface area contributed by atoms with Crippen molar-refractivity contribution < 1.29 is 12.8 Å². The average Bonchev–Trinajstić information content (AvgIpc) is 2.41. The van der Waals surface area contributed by atoms with Gasteiger partial charge in [0.05, 0.1) is 10.9 Å². The minimum absolute atomic E-state index is 0.220. The van der Waals surface area contributed by atoms with Crippen LogP contribution in [0.4, 0.5) is 4.39 Å². The first kappa shape index (κ1) is 14.6. The molecule has 0 spiro atoms. The summed E-state index contributed by atoms with van der Waals surface area (Å²) in [6, 6.07) is 12.0. The maximum absolute atomic E-state index is 12.9. The van der Waals surface area contributed by atoms with E-state index in [0.29, 0.717) is 5.56 Å². The summed E-state index contributed by atoms with van der Waals surface area (Å²) < 4.78 is 36.1. The molecule has 0 fully saturated rings. The predicted molar refractivity (Wildman–Crippen MR) is 75.1 cm³/mol. The Morgan fingerprint density at radius 3 is 2.30 bits per heavy atom. The molecule has 2 aromatic carbocycles. The van der Waals surface area contributed by atoms with Crippen LogP contribution in [0.25, 0.3) is 0 Å². The van der Waals surface area contributed by atoms with Crippen LogP contribution >= 0.6 is 0 Å². The fourth-order valence-corrected chi connectivity index (χ4v) is 2.64. The molecule has 0 heterocycles. The third-order valence-electron chi connectivity index (χ3n) is 2.99.